The first kappa shape index (κ1) is 18.2. The predicted molar refractivity (Wildman–Crippen MR) is 94.9 cm³/mol. The van der Waals surface area contributed by atoms with E-state index in [1.807, 2.05) is 30.5 Å². The van der Waals surface area contributed by atoms with Gasteiger partial charge < -0.3 is 10.1 Å². The Balaban J connectivity index is 1.80. The van der Waals surface area contributed by atoms with Crippen molar-refractivity contribution in [2.45, 2.75) is 20.0 Å². The van der Waals surface area contributed by atoms with Crippen LogP contribution in [-0.2, 0) is 22.6 Å². The van der Waals surface area contributed by atoms with Gasteiger partial charge in [-0.25, -0.2) is 4.79 Å². The van der Waals surface area contributed by atoms with Crippen LogP contribution in [0.5, 0.6) is 0 Å². The molecule has 128 valence electrons. The summed E-state index contributed by atoms with van der Waals surface area (Å²) in [7, 11) is 1.35. The van der Waals surface area contributed by atoms with E-state index in [1.165, 1.54) is 12.0 Å². The molecule has 2 rings (SSSR count). The van der Waals surface area contributed by atoms with Crippen molar-refractivity contribution >= 4 is 23.2 Å². The van der Waals surface area contributed by atoms with Gasteiger partial charge in [0.05, 0.1) is 19.2 Å². The van der Waals surface area contributed by atoms with E-state index in [4.69, 9.17) is 0 Å². The van der Waals surface area contributed by atoms with Crippen LogP contribution in [0, 0.1) is 0 Å². The summed E-state index contributed by atoms with van der Waals surface area (Å²) in [5.74, 6) is -0.372. The molecule has 2 aromatic rings. The van der Waals surface area contributed by atoms with Crippen molar-refractivity contribution in [2.75, 3.05) is 20.2 Å². The summed E-state index contributed by atoms with van der Waals surface area (Å²) in [6.45, 7) is 4.46. The van der Waals surface area contributed by atoms with Gasteiger partial charge in [-0.05, 0) is 35.7 Å². The van der Waals surface area contributed by atoms with E-state index in [0.717, 1.165) is 18.7 Å². The van der Waals surface area contributed by atoms with E-state index in [0.29, 0.717) is 18.7 Å². The molecule has 0 atom stereocenters. The third-order valence-corrected chi connectivity index (χ3v) is 4.50. The van der Waals surface area contributed by atoms with Gasteiger partial charge in [-0.3, -0.25) is 9.69 Å². The minimum atomic E-state index is -0.363. The molecule has 0 aliphatic rings. The Morgan fingerprint density at radius 2 is 1.96 bits per heavy atom. The number of carbonyl (C=O) groups excluding carboxylic acids is 2. The highest BCUT2D eigenvalue weighted by molar-refractivity contribution is 7.09. The second-order valence-corrected chi connectivity index (χ2v) is 6.38. The van der Waals surface area contributed by atoms with Crippen LogP contribution in [0.1, 0.15) is 27.7 Å². The quantitative estimate of drug-likeness (QED) is 0.747. The molecule has 1 N–H and O–H groups in total. The van der Waals surface area contributed by atoms with Crippen LogP contribution in [0.25, 0.3) is 0 Å². The zero-order valence-corrected chi connectivity index (χ0v) is 14.8. The average Bonchev–Trinajstić information content (AvgIpc) is 3.12. The molecule has 6 heteroatoms. The lowest BCUT2D eigenvalue weighted by molar-refractivity contribution is -0.122. The molecule has 0 aliphatic heterocycles. The zero-order valence-electron chi connectivity index (χ0n) is 14.0. The fourth-order valence-corrected chi connectivity index (χ4v) is 2.98. The Kier molecular flexibility index (Phi) is 6.96. The first-order chi connectivity index (χ1) is 11.6. The molecule has 1 heterocycles. The number of methoxy groups -OCH3 is 1. The van der Waals surface area contributed by atoms with Crippen molar-refractivity contribution in [3.05, 3.63) is 57.8 Å². The maximum Gasteiger partial charge on any atom is 0.337 e. The number of benzene rings is 1. The van der Waals surface area contributed by atoms with E-state index in [9.17, 15) is 9.59 Å². The number of nitrogens with zero attached hydrogens (tertiary/aromatic N) is 1. The van der Waals surface area contributed by atoms with Gasteiger partial charge in [0.1, 0.15) is 0 Å². The highest BCUT2D eigenvalue weighted by Gasteiger charge is 2.10. The van der Waals surface area contributed by atoms with Gasteiger partial charge in [0, 0.05) is 18.0 Å². The Morgan fingerprint density at radius 3 is 2.54 bits per heavy atom. The van der Waals surface area contributed by atoms with Crippen molar-refractivity contribution < 1.29 is 14.3 Å². The first-order valence-corrected chi connectivity index (χ1v) is 8.69. The average molecular weight is 346 g/mol. The summed E-state index contributed by atoms with van der Waals surface area (Å²) in [4.78, 5) is 26.8. The highest BCUT2D eigenvalue weighted by Crippen LogP contribution is 2.11. The molecule has 0 unspecified atom stereocenters. The normalized spacial score (nSPS) is 10.6. The Labute approximate surface area is 146 Å². The lowest BCUT2D eigenvalue weighted by atomic mass is 10.1. The van der Waals surface area contributed by atoms with Crippen LogP contribution in [0.3, 0.4) is 0 Å². The molecule has 0 saturated carbocycles. The van der Waals surface area contributed by atoms with Crippen LogP contribution in [0.15, 0.2) is 41.8 Å². The number of amides is 1. The summed E-state index contributed by atoms with van der Waals surface area (Å²) in [6.07, 6.45) is 0. The SMILES string of the molecule is CCN(CC(=O)NCc1ccc(C(=O)OC)cc1)Cc1cccs1. The fraction of sp³-hybridized carbons (Fsp3) is 0.333. The van der Waals surface area contributed by atoms with Gasteiger partial charge in [0.15, 0.2) is 0 Å². The molecule has 1 amide bonds. The molecule has 5 nitrogen and oxygen atoms in total. The van der Waals surface area contributed by atoms with Gasteiger partial charge in [-0.15, -0.1) is 11.3 Å². The van der Waals surface area contributed by atoms with Crippen molar-refractivity contribution in [1.29, 1.82) is 0 Å². The number of hydrogen-bond acceptors (Lipinski definition) is 5. The summed E-state index contributed by atoms with van der Waals surface area (Å²) >= 11 is 1.70. The maximum absolute atomic E-state index is 12.1. The summed E-state index contributed by atoms with van der Waals surface area (Å²) in [5.41, 5.74) is 1.44. The van der Waals surface area contributed by atoms with Gasteiger partial charge in [0.25, 0.3) is 0 Å². The largest absolute Gasteiger partial charge is 0.465 e. The zero-order chi connectivity index (χ0) is 17.4. The number of esters is 1. The van der Waals surface area contributed by atoms with Crippen molar-refractivity contribution in [2.24, 2.45) is 0 Å². The monoisotopic (exact) mass is 346 g/mol. The van der Waals surface area contributed by atoms with Crippen molar-refractivity contribution in [3.63, 3.8) is 0 Å². The third kappa shape index (κ3) is 5.47. The Morgan fingerprint density at radius 1 is 1.21 bits per heavy atom. The van der Waals surface area contributed by atoms with Crippen molar-refractivity contribution in [1.82, 2.24) is 10.2 Å². The fourth-order valence-electron chi connectivity index (χ4n) is 2.24. The predicted octanol–water partition coefficient (Wildman–Crippen LogP) is 2.67. The van der Waals surface area contributed by atoms with E-state index >= 15 is 0 Å². The van der Waals surface area contributed by atoms with Gasteiger partial charge in [0.2, 0.25) is 5.91 Å². The molecule has 0 bridgehead atoms. The number of carbonyl (C=O) groups is 2. The number of thiophene rings is 1. The molecule has 0 fully saturated rings. The van der Waals surface area contributed by atoms with Crippen LogP contribution in [-0.4, -0.2) is 37.0 Å². The molecule has 1 aromatic carbocycles. The number of ether oxygens (including phenoxy) is 1. The number of nitrogens with one attached hydrogen (secondary N) is 1. The van der Waals surface area contributed by atoms with Crippen molar-refractivity contribution in [3.8, 4) is 0 Å². The topological polar surface area (TPSA) is 58.6 Å². The van der Waals surface area contributed by atoms with E-state index in [1.54, 1.807) is 23.5 Å². The minimum Gasteiger partial charge on any atom is -0.465 e. The van der Waals surface area contributed by atoms with E-state index in [-0.39, 0.29) is 11.9 Å². The second kappa shape index (κ2) is 9.20. The molecule has 0 radical (unpaired) electrons. The molecule has 0 saturated heterocycles. The number of hydrogen-bond donors (Lipinski definition) is 1. The number of rotatable bonds is 8. The van der Waals surface area contributed by atoms with Gasteiger partial charge >= 0.3 is 5.97 Å². The lowest BCUT2D eigenvalue weighted by Gasteiger charge is -2.19. The van der Waals surface area contributed by atoms with Crippen LogP contribution < -0.4 is 5.32 Å². The summed E-state index contributed by atoms with van der Waals surface area (Å²) in [5, 5.41) is 4.96. The molecule has 24 heavy (non-hydrogen) atoms. The van der Waals surface area contributed by atoms with Gasteiger partial charge in [-0.2, -0.15) is 0 Å². The molecule has 0 spiro atoms. The van der Waals surface area contributed by atoms with Crippen LogP contribution in [0.4, 0.5) is 0 Å². The van der Waals surface area contributed by atoms with E-state index < -0.39 is 0 Å². The first-order valence-electron chi connectivity index (χ1n) is 7.81. The standard InChI is InChI=1S/C18H22N2O3S/c1-3-20(12-16-5-4-10-24-16)13-17(21)19-11-14-6-8-15(9-7-14)18(22)23-2/h4-10H,3,11-13H2,1-2H3,(H,19,21). The third-order valence-electron chi connectivity index (χ3n) is 3.64. The molecular formula is C18H22N2O3S. The van der Waals surface area contributed by atoms with E-state index in [2.05, 4.69) is 21.0 Å². The number of likely N-dealkylation sites (N-methyl/N-ethyl adjacent to an activating group) is 1. The lowest BCUT2D eigenvalue weighted by Crippen LogP contribution is -2.36. The molecule has 0 aliphatic carbocycles. The maximum atomic E-state index is 12.1. The highest BCUT2D eigenvalue weighted by atomic mass is 32.1. The Bertz CT molecular complexity index is 653. The van der Waals surface area contributed by atoms with Crippen LogP contribution >= 0.6 is 11.3 Å². The van der Waals surface area contributed by atoms with Gasteiger partial charge in [-0.1, -0.05) is 25.1 Å². The molecule has 1 aromatic heterocycles. The summed E-state index contributed by atoms with van der Waals surface area (Å²) in [6, 6.07) is 11.1. The smallest absolute Gasteiger partial charge is 0.337 e. The second-order valence-electron chi connectivity index (χ2n) is 5.35. The summed E-state index contributed by atoms with van der Waals surface area (Å²) < 4.78 is 4.66. The minimum absolute atomic E-state index is 0.00884. The molecular weight excluding hydrogens is 324 g/mol. The van der Waals surface area contributed by atoms with Crippen LogP contribution in [0.2, 0.25) is 0 Å². The Hall–Kier alpha value is -2.18.